The molecule has 0 aromatic heterocycles. The largest absolute Gasteiger partial charge is 0.494 e. The van der Waals surface area contributed by atoms with Crippen LogP contribution < -0.4 is 10.1 Å². The number of halogens is 2. The van der Waals surface area contributed by atoms with E-state index in [1.54, 1.807) is 6.07 Å². The number of nitrogens with one attached hydrogen (secondary N) is 1. The lowest BCUT2D eigenvalue weighted by Gasteiger charge is -2.15. The van der Waals surface area contributed by atoms with E-state index in [1.165, 1.54) is 26.0 Å². The van der Waals surface area contributed by atoms with Crippen molar-refractivity contribution in [3.63, 3.8) is 0 Å². The number of hydrogen-bond donors (Lipinski definition) is 1. The van der Waals surface area contributed by atoms with Gasteiger partial charge in [-0.25, -0.2) is 4.39 Å². The maximum atomic E-state index is 13.5. The molecule has 19 heavy (non-hydrogen) atoms. The van der Waals surface area contributed by atoms with Gasteiger partial charge in [-0.15, -0.1) is 11.6 Å². The molecule has 0 saturated carbocycles. The second-order valence-electron chi connectivity index (χ2n) is 4.73. The van der Waals surface area contributed by atoms with E-state index in [0.29, 0.717) is 18.3 Å². The molecule has 108 valence electrons. The van der Waals surface area contributed by atoms with Gasteiger partial charge in [-0.05, 0) is 43.0 Å². The van der Waals surface area contributed by atoms with Gasteiger partial charge in [0.2, 0.25) is 0 Å². The van der Waals surface area contributed by atoms with Crippen molar-refractivity contribution in [2.75, 3.05) is 19.5 Å². The first-order valence-electron chi connectivity index (χ1n) is 6.80. The summed E-state index contributed by atoms with van der Waals surface area (Å²) in [6.45, 7) is 3.78. The molecule has 0 aliphatic carbocycles. The molecule has 0 aliphatic heterocycles. The molecule has 0 amide bonds. The van der Waals surface area contributed by atoms with E-state index in [2.05, 4.69) is 12.2 Å². The van der Waals surface area contributed by atoms with Crippen LogP contribution in [0.2, 0.25) is 0 Å². The summed E-state index contributed by atoms with van der Waals surface area (Å²) in [5.41, 5.74) is 0.930. The first-order chi connectivity index (χ1) is 9.21. The summed E-state index contributed by atoms with van der Waals surface area (Å²) in [7, 11) is 1.47. The Morgan fingerprint density at radius 1 is 1.37 bits per heavy atom. The molecule has 1 unspecified atom stereocenters. The number of hydrogen-bond acceptors (Lipinski definition) is 2. The van der Waals surface area contributed by atoms with Gasteiger partial charge < -0.3 is 10.1 Å². The van der Waals surface area contributed by atoms with Crippen molar-refractivity contribution in [1.82, 2.24) is 5.32 Å². The highest BCUT2D eigenvalue weighted by molar-refractivity contribution is 6.17. The predicted octanol–water partition coefficient (Wildman–Crippen LogP) is 3.97. The van der Waals surface area contributed by atoms with Crippen LogP contribution in [0.1, 0.15) is 31.7 Å². The molecule has 0 aliphatic rings. The Bertz CT molecular complexity index is 367. The molecule has 1 aromatic carbocycles. The second-order valence-corrected chi connectivity index (χ2v) is 5.11. The van der Waals surface area contributed by atoms with Gasteiger partial charge >= 0.3 is 0 Å². The number of rotatable bonds is 9. The number of benzene rings is 1. The highest BCUT2D eigenvalue weighted by Crippen LogP contribution is 2.17. The van der Waals surface area contributed by atoms with Crippen LogP contribution >= 0.6 is 11.6 Å². The first kappa shape index (κ1) is 16.3. The van der Waals surface area contributed by atoms with E-state index in [-0.39, 0.29) is 11.6 Å². The topological polar surface area (TPSA) is 21.3 Å². The van der Waals surface area contributed by atoms with Crippen molar-refractivity contribution in [2.24, 2.45) is 5.92 Å². The van der Waals surface area contributed by atoms with Gasteiger partial charge in [0.25, 0.3) is 0 Å². The summed E-state index contributed by atoms with van der Waals surface area (Å²) in [6.07, 6.45) is 3.37. The zero-order chi connectivity index (χ0) is 14.1. The molecule has 1 atom stereocenters. The summed E-state index contributed by atoms with van der Waals surface area (Å²) >= 11 is 5.79. The minimum absolute atomic E-state index is 0.287. The highest BCUT2D eigenvalue weighted by atomic mass is 35.5. The van der Waals surface area contributed by atoms with Crippen LogP contribution in [0.5, 0.6) is 5.75 Å². The summed E-state index contributed by atoms with van der Waals surface area (Å²) in [5.74, 6) is 1.27. The zero-order valence-electron chi connectivity index (χ0n) is 11.7. The fourth-order valence-electron chi connectivity index (χ4n) is 2.15. The van der Waals surface area contributed by atoms with E-state index >= 15 is 0 Å². The summed E-state index contributed by atoms with van der Waals surface area (Å²) in [4.78, 5) is 0. The standard InChI is InChI=1S/C15H23ClFNO/c1-3-4-12(7-8-16)10-18-11-13-5-6-15(19-2)14(17)9-13/h5-6,9,12,18H,3-4,7-8,10-11H2,1-2H3. The van der Waals surface area contributed by atoms with Crippen molar-refractivity contribution in [3.05, 3.63) is 29.6 Å². The van der Waals surface area contributed by atoms with Crippen LogP contribution in [0.25, 0.3) is 0 Å². The Morgan fingerprint density at radius 2 is 2.16 bits per heavy atom. The smallest absolute Gasteiger partial charge is 0.165 e. The lowest BCUT2D eigenvalue weighted by Crippen LogP contribution is -2.23. The summed E-state index contributed by atoms with van der Waals surface area (Å²) in [5, 5.41) is 3.37. The third-order valence-electron chi connectivity index (χ3n) is 3.19. The molecule has 0 fully saturated rings. The molecule has 1 rings (SSSR count). The van der Waals surface area contributed by atoms with Crippen LogP contribution in [0.4, 0.5) is 4.39 Å². The average Bonchev–Trinajstić information content (AvgIpc) is 2.39. The Hall–Kier alpha value is -0.800. The molecule has 0 saturated heterocycles. The van der Waals surface area contributed by atoms with Crippen LogP contribution in [0.15, 0.2) is 18.2 Å². The lowest BCUT2D eigenvalue weighted by atomic mass is 10.0. The van der Waals surface area contributed by atoms with Gasteiger partial charge in [-0.2, -0.15) is 0 Å². The van der Waals surface area contributed by atoms with Gasteiger partial charge in [0, 0.05) is 12.4 Å². The number of methoxy groups -OCH3 is 1. The monoisotopic (exact) mass is 287 g/mol. The molecular weight excluding hydrogens is 265 g/mol. The van der Waals surface area contributed by atoms with Crippen LogP contribution in [0.3, 0.4) is 0 Å². The predicted molar refractivity (Wildman–Crippen MR) is 78.4 cm³/mol. The Balaban J connectivity index is 2.41. The van der Waals surface area contributed by atoms with Crippen molar-refractivity contribution in [3.8, 4) is 5.75 Å². The second kappa shape index (κ2) is 9.16. The number of alkyl halides is 1. The van der Waals surface area contributed by atoms with Crippen LogP contribution in [-0.4, -0.2) is 19.5 Å². The molecule has 0 spiro atoms. The minimum Gasteiger partial charge on any atom is -0.494 e. The van der Waals surface area contributed by atoms with Gasteiger partial charge in [-0.3, -0.25) is 0 Å². The Labute approximate surface area is 120 Å². The van der Waals surface area contributed by atoms with E-state index in [9.17, 15) is 4.39 Å². The van der Waals surface area contributed by atoms with Gasteiger partial charge in [-0.1, -0.05) is 19.4 Å². The van der Waals surface area contributed by atoms with E-state index < -0.39 is 0 Å². The normalized spacial score (nSPS) is 12.4. The Morgan fingerprint density at radius 3 is 2.74 bits per heavy atom. The molecule has 4 heteroatoms. The summed E-state index contributed by atoms with van der Waals surface area (Å²) < 4.78 is 18.4. The van der Waals surface area contributed by atoms with Crippen LogP contribution in [-0.2, 0) is 6.54 Å². The maximum absolute atomic E-state index is 13.5. The van der Waals surface area contributed by atoms with Gasteiger partial charge in [0.1, 0.15) is 0 Å². The average molecular weight is 288 g/mol. The van der Waals surface area contributed by atoms with Crippen molar-refractivity contribution in [1.29, 1.82) is 0 Å². The molecule has 2 nitrogen and oxygen atoms in total. The quantitative estimate of drug-likeness (QED) is 0.694. The fourth-order valence-corrected chi connectivity index (χ4v) is 2.46. The highest BCUT2D eigenvalue weighted by Gasteiger charge is 2.07. The van der Waals surface area contributed by atoms with Crippen molar-refractivity contribution in [2.45, 2.75) is 32.7 Å². The minimum atomic E-state index is -0.312. The SMILES string of the molecule is CCCC(CCCl)CNCc1ccc(OC)c(F)c1. The van der Waals surface area contributed by atoms with E-state index in [0.717, 1.165) is 18.5 Å². The molecule has 1 N–H and O–H groups in total. The van der Waals surface area contributed by atoms with Crippen LogP contribution in [0, 0.1) is 11.7 Å². The van der Waals surface area contributed by atoms with Gasteiger partial charge in [0.15, 0.2) is 11.6 Å². The number of ether oxygens (including phenoxy) is 1. The van der Waals surface area contributed by atoms with Crippen molar-refractivity contribution >= 4 is 11.6 Å². The third kappa shape index (κ3) is 5.79. The first-order valence-corrected chi connectivity index (χ1v) is 7.33. The summed E-state index contributed by atoms with van der Waals surface area (Å²) in [6, 6.07) is 5.06. The maximum Gasteiger partial charge on any atom is 0.165 e. The van der Waals surface area contributed by atoms with E-state index in [1.807, 2.05) is 6.07 Å². The molecule has 0 heterocycles. The lowest BCUT2D eigenvalue weighted by molar-refractivity contribution is 0.385. The third-order valence-corrected chi connectivity index (χ3v) is 3.41. The zero-order valence-corrected chi connectivity index (χ0v) is 12.5. The van der Waals surface area contributed by atoms with Crippen molar-refractivity contribution < 1.29 is 9.13 Å². The Kier molecular flexibility index (Phi) is 7.84. The molecule has 0 bridgehead atoms. The molecule has 1 aromatic rings. The fraction of sp³-hybridized carbons (Fsp3) is 0.600. The van der Waals surface area contributed by atoms with E-state index in [4.69, 9.17) is 16.3 Å². The molecular formula is C15H23ClFNO. The van der Waals surface area contributed by atoms with Gasteiger partial charge in [0.05, 0.1) is 7.11 Å². The molecule has 0 radical (unpaired) electrons.